The van der Waals surface area contributed by atoms with Crippen molar-refractivity contribution in [1.29, 1.82) is 0 Å². The van der Waals surface area contributed by atoms with Crippen LogP contribution in [0.1, 0.15) is 23.4 Å². The summed E-state index contributed by atoms with van der Waals surface area (Å²) in [4.78, 5) is 28.3. The Bertz CT molecular complexity index is 456. The summed E-state index contributed by atoms with van der Waals surface area (Å²) in [5.41, 5.74) is 0. The normalized spacial score (nSPS) is 24.0. The highest BCUT2D eigenvalue weighted by Crippen LogP contribution is 2.23. The van der Waals surface area contributed by atoms with E-state index in [1.165, 1.54) is 4.90 Å². The van der Waals surface area contributed by atoms with Crippen LogP contribution in [0.3, 0.4) is 0 Å². The highest BCUT2D eigenvalue weighted by Gasteiger charge is 2.38. The van der Waals surface area contributed by atoms with Crippen molar-refractivity contribution >= 4 is 11.9 Å². The second kappa shape index (κ2) is 4.15. The maximum atomic E-state index is 12.0. The summed E-state index contributed by atoms with van der Waals surface area (Å²) >= 11 is 0. The Morgan fingerprint density at radius 3 is 2.65 bits per heavy atom. The fourth-order valence-corrected chi connectivity index (χ4v) is 2.03. The first-order valence-corrected chi connectivity index (χ1v) is 5.40. The van der Waals surface area contributed by atoms with Crippen molar-refractivity contribution in [2.45, 2.75) is 13.8 Å². The smallest absolute Gasteiger partial charge is 0.308 e. The average Bonchev–Trinajstić information content (AvgIpc) is 2.83. The molecule has 17 heavy (non-hydrogen) atoms. The minimum Gasteiger partial charge on any atom is -0.481 e. The van der Waals surface area contributed by atoms with E-state index in [0.29, 0.717) is 12.4 Å². The molecule has 92 valence electrons. The summed E-state index contributed by atoms with van der Waals surface area (Å²) in [6.45, 7) is 4.19. The summed E-state index contributed by atoms with van der Waals surface area (Å²) in [6, 6.07) is 0. The van der Waals surface area contributed by atoms with Crippen LogP contribution in [0.5, 0.6) is 0 Å². The zero-order chi connectivity index (χ0) is 12.6. The molecule has 1 aliphatic rings. The fourth-order valence-electron chi connectivity index (χ4n) is 2.03. The van der Waals surface area contributed by atoms with Gasteiger partial charge in [-0.05, 0) is 12.8 Å². The van der Waals surface area contributed by atoms with Gasteiger partial charge in [0.1, 0.15) is 5.82 Å². The summed E-state index contributed by atoms with van der Waals surface area (Å²) in [6.07, 6.45) is 0. The van der Waals surface area contributed by atoms with Gasteiger partial charge in [-0.1, -0.05) is 6.92 Å². The van der Waals surface area contributed by atoms with E-state index in [0.717, 1.165) is 0 Å². The lowest BCUT2D eigenvalue weighted by atomic mass is 9.99. The van der Waals surface area contributed by atoms with Gasteiger partial charge in [-0.3, -0.25) is 14.7 Å². The third kappa shape index (κ3) is 2.13. The molecular formula is C10H14N4O3. The number of hydrogen-bond donors (Lipinski definition) is 2. The number of aryl methyl sites for hydroxylation is 1. The molecule has 0 saturated carbocycles. The van der Waals surface area contributed by atoms with E-state index in [1.54, 1.807) is 6.92 Å². The summed E-state index contributed by atoms with van der Waals surface area (Å²) in [5, 5.41) is 15.4. The third-order valence-corrected chi connectivity index (χ3v) is 3.01. The van der Waals surface area contributed by atoms with Crippen molar-refractivity contribution < 1.29 is 14.7 Å². The van der Waals surface area contributed by atoms with Crippen molar-refractivity contribution in [1.82, 2.24) is 20.1 Å². The number of aromatic amines is 1. The Balaban J connectivity index is 2.10. The first-order valence-electron chi connectivity index (χ1n) is 5.40. The van der Waals surface area contributed by atoms with Crippen molar-refractivity contribution in [3.05, 3.63) is 11.6 Å². The van der Waals surface area contributed by atoms with E-state index in [9.17, 15) is 9.59 Å². The van der Waals surface area contributed by atoms with E-state index < -0.39 is 11.9 Å². The molecule has 1 amide bonds. The van der Waals surface area contributed by atoms with Crippen LogP contribution in [-0.2, 0) is 4.79 Å². The number of hydrogen-bond acceptors (Lipinski definition) is 4. The van der Waals surface area contributed by atoms with Crippen molar-refractivity contribution in [3.63, 3.8) is 0 Å². The number of carboxylic acid groups (broad SMARTS) is 1. The maximum absolute atomic E-state index is 12.0. The van der Waals surface area contributed by atoms with Crippen LogP contribution in [0, 0.1) is 18.8 Å². The number of carbonyl (C=O) groups is 2. The molecule has 2 heterocycles. The zero-order valence-electron chi connectivity index (χ0n) is 9.67. The number of likely N-dealkylation sites (tertiary alicyclic amines) is 1. The molecule has 2 unspecified atom stereocenters. The Hall–Kier alpha value is -1.92. The largest absolute Gasteiger partial charge is 0.481 e. The molecule has 1 fully saturated rings. The van der Waals surface area contributed by atoms with Crippen molar-refractivity contribution in [2.24, 2.45) is 11.8 Å². The molecule has 1 aromatic rings. The Morgan fingerprint density at radius 2 is 2.18 bits per heavy atom. The monoisotopic (exact) mass is 238 g/mol. The quantitative estimate of drug-likeness (QED) is 0.749. The Kier molecular flexibility index (Phi) is 2.83. The van der Waals surface area contributed by atoms with Gasteiger partial charge >= 0.3 is 5.97 Å². The molecule has 2 atom stereocenters. The van der Waals surface area contributed by atoms with Gasteiger partial charge in [0.15, 0.2) is 0 Å². The van der Waals surface area contributed by atoms with E-state index in [1.807, 2.05) is 6.92 Å². The molecule has 0 aromatic carbocycles. The molecule has 1 aliphatic heterocycles. The number of rotatable bonds is 2. The number of carbonyl (C=O) groups excluding carboxylic acids is 1. The minimum atomic E-state index is -0.862. The second-order valence-electron chi connectivity index (χ2n) is 4.38. The molecular weight excluding hydrogens is 224 g/mol. The number of nitrogens with zero attached hydrogens (tertiary/aromatic N) is 3. The van der Waals surface area contributed by atoms with Crippen LogP contribution in [0.25, 0.3) is 0 Å². The fraction of sp³-hybridized carbons (Fsp3) is 0.600. The van der Waals surface area contributed by atoms with Gasteiger partial charge in [0.25, 0.3) is 5.91 Å². The van der Waals surface area contributed by atoms with Crippen molar-refractivity contribution in [3.8, 4) is 0 Å². The van der Waals surface area contributed by atoms with E-state index >= 15 is 0 Å². The summed E-state index contributed by atoms with van der Waals surface area (Å²) in [5.74, 6) is -1.06. The van der Waals surface area contributed by atoms with Gasteiger partial charge in [0, 0.05) is 13.1 Å². The van der Waals surface area contributed by atoms with Crippen LogP contribution >= 0.6 is 0 Å². The average molecular weight is 238 g/mol. The Morgan fingerprint density at radius 1 is 1.47 bits per heavy atom. The van der Waals surface area contributed by atoms with Crippen LogP contribution in [0.15, 0.2) is 0 Å². The number of aliphatic carboxylic acids is 1. The third-order valence-electron chi connectivity index (χ3n) is 3.01. The molecule has 0 spiro atoms. The first kappa shape index (κ1) is 11.6. The molecule has 1 aromatic heterocycles. The second-order valence-corrected chi connectivity index (χ2v) is 4.38. The van der Waals surface area contributed by atoms with Crippen LogP contribution < -0.4 is 0 Å². The Labute approximate surface area is 97.8 Å². The number of H-pyrrole nitrogens is 1. The minimum absolute atomic E-state index is 0.0449. The van der Waals surface area contributed by atoms with Crippen LogP contribution in [-0.4, -0.2) is 50.2 Å². The topological polar surface area (TPSA) is 99.2 Å². The van der Waals surface area contributed by atoms with E-state index in [4.69, 9.17) is 5.11 Å². The van der Waals surface area contributed by atoms with Gasteiger partial charge in [-0.25, -0.2) is 4.98 Å². The molecule has 7 heteroatoms. The number of amides is 1. The lowest BCUT2D eigenvalue weighted by molar-refractivity contribution is -0.142. The van der Waals surface area contributed by atoms with Gasteiger partial charge in [0.2, 0.25) is 5.82 Å². The van der Waals surface area contributed by atoms with Gasteiger partial charge in [0.05, 0.1) is 5.92 Å². The maximum Gasteiger partial charge on any atom is 0.308 e. The molecule has 1 saturated heterocycles. The number of nitrogens with one attached hydrogen (secondary N) is 1. The van der Waals surface area contributed by atoms with E-state index in [-0.39, 0.29) is 24.2 Å². The van der Waals surface area contributed by atoms with Gasteiger partial charge in [-0.15, -0.1) is 5.10 Å². The van der Waals surface area contributed by atoms with Crippen molar-refractivity contribution in [2.75, 3.05) is 13.1 Å². The SMILES string of the molecule is Cc1nc(C(=O)N2CC(C)C(C(=O)O)C2)n[nH]1. The zero-order valence-corrected chi connectivity index (χ0v) is 9.67. The van der Waals surface area contributed by atoms with Gasteiger partial charge in [-0.2, -0.15) is 0 Å². The molecule has 7 nitrogen and oxygen atoms in total. The highest BCUT2D eigenvalue weighted by atomic mass is 16.4. The first-order chi connectivity index (χ1) is 7.99. The molecule has 2 rings (SSSR count). The van der Waals surface area contributed by atoms with Crippen LogP contribution in [0.4, 0.5) is 0 Å². The lowest BCUT2D eigenvalue weighted by Gasteiger charge is -2.12. The lowest BCUT2D eigenvalue weighted by Crippen LogP contribution is -2.30. The van der Waals surface area contributed by atoms with Gasteiger partial charge < -0.3 is 10.0 Å². The molecule has 2 N–H and O–H groups in total. The highest BCUT2D eigenvalue weighted by molar-refractivity contribution is 5.91. The van der Waals surface area contributed by atoms with Crippen LogP contribution in [0.2, 0.25) is 0 Å². The number of aromatic nitrogens is 3. The predicted molar refractivity (Wildman–Crippen MR) is 57.3 cm³/mol. The molecule has 0 radical (unpaired) electrons. The predicted octanol–water partition coefficient (Wildman–Crippen LogP) is -0.0942. The molecule has 0 aliphatic carbocycles. The van der Waals surface area contributed by atoms with E-state index in [2.05, 4.69) is 15.2 Å². The summed E-state index contributed by atoms with van der Waals surface area (Å²) in [7, 11) is 0. The number of carboxylic acids is 1. The molecule has 0 bridgehead atoms. The summed E-state index contributed by atoms with van der Waals surface area (Å²) < 4.78 is 0. The standard InChI is InChI=1S/C10H14N4O3/c1-5-3-14(4-7(5)10(16)17)9(15)8-11-6(2)12-13-8/h5,7H,3-4H2,1-2H3,(H,16,17)(H,11,12,13).